The molecule has 1 fully saturated rings. The van der Waals surface area contributed by atoms with Crippen LogP contribution in [0, 0.1) is 5.92 Å². The topological polar surface area (TPSA) is 66.6 Å². The van der Waals surface area contributed by atoms with Gasteiger partial charge in [-0.05, 0) is 49.9 Å². The number of benzene rings is 1. The highest BCUT2D eigenvalue weighted by molar-refractivity contribution is 5.79. The zero-order valence-electron chi connectivity index (χ0n) is 15.8. The summed E-state index contributed by atoms with van der Waals surface area (Å²) < 4.78 is 39.5. The summed E-state index contributed by atoms with van der Waals surface area (Å²) in [5.41, 5.74) is 4.67. The maximum absolute atomic E-state index is 13.2. The number of hydrogen-bond donors (Lipinski definition) is 2. The third kappa shape index (κ3) is 5.45. The van der Waals surface area contributed by atoms with Gasteiger partial charge in [0.1, 0.15) is 5.54 Å². The fourth-order valence-electron chi connectivity index (χ4n) is 3.94. The minimum Gasteiger partial charge on any atom is -0.480 e. The van der Waals surface area contributed by atoms with Crippen LogP contribution in [0.5, 0.6) is 0 Å². The number of alkyl halides is 3. The van der Waals surface area contributed by atoms with Gasteiger partial charge < -0.3 is 10.8 Å². The minimum atomic E-state index is -4.37. The summed E-state index contributed by atoms with van der Waals surface area (Å²) >= 11 is 0. The summed E-state index contributed by atoms with van der Waals surface area (Å²) in [7, 11) is 0. The molecule has 1 heterocycles. The Bertz CT molecular complexity index is 628. The van der Waals surface area contributed by atoms with Crippen molar-refractivity contribution in [3.05, 3.63) is 35.4 Å². The molecular weight excluding hydrogens is 357 g/mol. The van der Waals surface area contributed by atoms with Crippen LogP contribution in [0.25, 0.3) is 0 Å². The smallest absolute Gasteiger partial charge is 0.416 e. The Morgan fingerprint density at radius 3 is 2.41 bits per heavy atom. The predicted octanol–water partition coefficient (Wildman–Crippen LogP) is 4.28. The maximum atomic E-state index is 13.2. The molecule has 0 aliphatic carbocycles. The average Bonchev–Trinajstić information content (AvgIpc) is 2.62. The number of likely N-dealkylation sites (tertiary alicyclic amines) is 1. The molecule has 0 spiro atoms. The van der Waals surface area contributed by atoms with Crippen molar-refractivity contribution >= 4 is 5.97 Å². The first-order valence-electron chi connectivity index (χ1n) is 9.58. The van der Waals surface area contributed by atoms with E-state index in [9.17, 15) is 23.1 Å². The predicted molar refractivity (Wildman–Crippen MR) is 98.1 cm³/mol. The van der Waals surface area contributed by atoms with Crippen molar-refractivity contribution in [1.29, 1.82) is 0 Å². The normalized spacial score (nSPS) is 19.0. The second kappa shape index (κ2) is 9.06. The van der Waals surface area contributed by atoms with Crippen molar-refractivity contribution < 1.29 is 23.1 Å². The third-order valence-corrected chi connectivity index (χ3v) is 5.62. The third-order valence-electron chi connectivity index (χ3n) is 5.62. The summed E-state index contributed by atoms with van der Waals surface area (Å²) in [6, 6.07) is 5.61. The molecule has 1 aromatic carbocycles. The number of carbonyl (C=O) groups is 1. The number of hydrogen-bond acceptors (Lipinski definition) is 3. The molecule has 3 N–H and O–H groups in total. The van der Waals surface area contributed by atoms with E-state index in [0.29, 0.717) is 32.4 Å². The number of piperidine rings is 1. The highest BCUT2D eigenvalue weighted by atomic mass is 19.4. The lowest BCUT2D eigenvalue weighted by Crippen LogP contribution is -2.56. The molecule has 0 saturated carbocycles. The van der Waals surface area contributed by atoms with Crippen LogP contribution in [-0.4, -0.2) is 34.6 Å². The summed E-state index contributed by atoms with van der Waals surface area (Å²) in [5.74, 6) is -1.12. The van der Waals surface area contributed by atoms with Crippen LogP contribution in [0.1, 0.15) is 56.6 Å². The maximum Gasteiger partial charge on any atom is 0.416 e. The first-order chi connectivity index (χ1) is 12.7. The van der Waals surface area contributed by atoms with Crippen LogP contribution in [0.4, 0.5) is 13.2 Å². The quantitative estimate of drug-likeness (QED) is 0.655. The summed E-state index contributed by atoms with van der Waals surface area (Å²) in [5, 5.41) is 9.65. The Kier molecular flexibility index (Phi) is 7.28. The average molecular weight is 386 g/mol. The number of unbranched alkanes of at least 4 members (excludes halogenated alkanes) is 2. The number of carboxylic acids is 1. The van der Waals surface area contributed by atoms with Crippen molar-refractivity contribution in [3.8, 4) is 0 Å². The zero-order valence-corrected chi connectivity index (χ0v) is 15.8. The van der Waals surface area contributed by atoms with Crippen molar-refractivity contribution in [2.75, 3.05) is 13.1 Å². The van der Waals surface area contributed by atoms with Crippen molar-refractivity contribution in [3.63, 3.8) is 0 Å². The fraction of sp³-hybridized carbons (Fsp3) is 0.650. The van der Waals surface area contributed by atoms with Gasteiger partial charge in [0.2, 0.25) is 0 Å². The van der Waals surface area contributed by atoms with Gasteiger partial charge in [-0.15, -0.1) is 0 Å². The Labute approximate surface area is 158 Å². The van der Waals surface area contributed by atoms with Crippen LogP contribution < -0.4 is 5.73 Å². The van der Waals surface area contributed by atoms with Crippen LogP contribution in [-0.2, 0) is 17.5 Å². The van der Waals surface area contributed by atoms with E-state index < -0.39 is 23.2 Å². The summed E-state index contributed by atoms with van der Waals surface area (Å²) in [4.78, 5) is 13.7. The van der Waals surface area contributed by atoms with E-state index in [2.05, 4.69) is 6.92 Å². The minimum absolute atomic E-state index is 0.152. The Balaban J connectivity index is 2.00. The lowest BCUT2D eigenvalue weighted by Gasteiger charge is -2.40. The molecular formula is C20H29F3N2O2. The lowest BCUT2D eigenvalue weighted by molar-refractivity contribution is -0.147. The molecule has 0 amide bonds. The molecule has 1 unspecified atom stereocenters. The molecule has 1 saturated heterocycles. The van der Waals surface area contributed by atoms with Gasteiger partial charge in [0.15, 0.2) is 0 Å². The van der Waals surface area contributed by atoms with E-state index in [1.54, 1.807) is 6.07 Å². The number of carboxylic acid groups (broad SMARTS) is 1. The van der Waals surface area contributed by atoms with Gasteiger partial charge in [-0.3, -0.25) is 9.69 Å². The van der Waals surface area contributed by atoms with Crippen LogP contribution >= 0.6 is 0 Å². The monoisotopic (exact) mass is 386 g/mol. The van der Waals surface area contributed by atoms with Gasteiger partial charge in [0.05, 0.1) is 5.56 Å². The number of aliphatic carboxylic acids is 1. The van der Waals surface area contributed by atoms with Crippen LogP contribution in [0.2, 0.25) is 0 Å². The van der Waals surface area contributed by atoms with Gasteiger partial charge in [-0.25, -0.2) is 0 Å². The SMILES string of the molecule is CCCCCC(N)(C(=O)O)C1CCN(Cc2ccccc2C(F)(F)F)CC1. The number of halogens is 3. The van der Waals surface area contributed by atoms with Gasteiger partial charge in [0.25, 0.3) is 0 Å². The van der Waals surface area contributed by atoms with Crippen LogP contribution in [0.15, 0.2) is 24.3 Å². The standard InChI is InChI=1S/C20H29F3N2O2/c1-2-3-6-11-19(24,18(26)27)16-9-12-25(13-10-16)14-15-7-4-5-8-17(15)20(21,22)23/h4-5,7-8,16H,2-3,6,9-14,24H2,1H3,(H,26,27). The Hall–Kier alpha value is -1.60. The Morgan fingerprint density at radius 2 is 1.85 bits per heavy atom. The number of nitrogens with zero attached hydrogens (tertiary/aromatic N) is 1. The lowest BCUT2D eigenvalue weighted by atomic mass is 9.75. The molecule has 0 aromatic heterocycles. The van der Waals surface area contributed by atoms with E-state index in [-0.39, 0.29) is 18.0 Å². The van der Waals surface area contributed by atoms with Gasteiger partial charge >= 0.3 is 12.1 Å². The summed E-state index contributed by atoms with van der Waals surface area (Å²) in [6.07, 6.45) is -0.0432. The van der Waals surface area contributed by atoms with E-state index in [1.807, 2.05) is 4.90 Å². The molecule has 0 radical (unpaired) electrons. The molecule has 27 heavy (non-hydrogen) atoms. The number of rotatable bonds is 8. The molecule has 1 aliphatic rings. The number of nitrogens with two attached hydrogens (primary N) is 1. The van der Waals surface area contributed by atoms with E-state index in [4.69, 9.17) is 5.73 Å². The van der Waals surface area contributed by atoms with Gasteiger partial charge in [-0.2, -0.15) is 13.2 Å². The second-order valence-electron chi connectivity index (χ2n) is 7.51. The largest absolute Gasteiger partial charge is 0.480 e. The van der Waals surface area contributed by atoms with Gasteiger partial charge in [0, 0.05) is 6.54 Å². The first-order valence-corrected chi connectivity index (χ1v) is 9.58. The molecule has 1 atom stereocenters. The van der Waals surface area contributed by atoms with Gasteiger partial charge in [-0.1, -0.05) is 44.4 Å². The Morgan fingerprint density at radius 1 is 1.22 bits per heavy atom. The molecule has 2 rings (SSSR count). The molecule has 4 nitrogen and oxygen atoms in total. The highest BCUT2D eigenvalue weighted by Gasteiger charge is 2.43. The van der Waals surface area contributed by atoms with Crippen molar-refractivity contribution in [2.24, 2.45) is 11.7 Å². The van der Waals surface area contributed by atoms with Crippen molar-refractivity contribution in [2.45, 2.75) is 63.7 Å². The molecule has 0 bridgehead atoms. The van der Waals surface area contributed by atoms with Crippen LogP contribution in [0.3, 0.4) is 0 Å². The summed E-state index contributed by atoms with van der Waals surface area (Å²) in [6.45, 7) is 3.37. The van der Waals surface area contributed by atoms with Crippen molar-refractivity contribution in [1.82, 2.24) is 4.90 Å². The first kappa shape index (κ1) is 21.7. The molecule has 1 aromatic rings. The molecule has 7 heteroatoms. The van der Waals surface area contributed by atoms with E-state index in [1.165, 1.54) is 12.1 Å². The molecule has 152 valence electrons. The fourth-order valence-corrected chi connectivity index (χ4v) is 3.94. The van der Waals surface area contributed by atoms with E-state index >= 15 is 0 Å². The van der Waals surface area contributed by atoms with E-state index in [0.717, 1.165) is 25.3 Å². The zero-order chi connectivity index (χ0) is 20.1. The second-order valence-corrected chi connectivity index (χ2v) is 7.51. The molecule has 1 aliphatic heterocycles. The highest BCUT2D eigenvalue weighted by Crippen LogP contribution is 2.34.